The molecule has 0 aliphatic carbocycles. The number of anilines is 1. The second-order valence-electron chi connectivity index (χ2n) is 10.4. The van der Waals surface area contributed by atoms with Crippen LogP contribution in [0, 0.1) is 0 Å². The number of amides is 2. The molecule has 6 rings (SSSR count). The summed E-state index contributed by atoms with van der Waals surface area (Å²) in [5.41, 5.74) is 5.63. The van der Waals surface area contributed by atoms with Crippen LogP contribution in [0.2, 0.25) is 0 Å². The summed E-state index contributed by atoms with van der Waals surface area (Å²) in [6, 6.07) is 3.80. The first kappa shape index (κ1) is 26.8. The topological polar surface area (TPSA) is 87.2 Å². The molecule has 4 aromatic rings. The largest absolute Gasteiger partial charge is 0.408 e. The molecule has 2 fully saturated rings. The van der Waals surface area contributed by atoms with Crippen molar-refractivity contribution in [2.24, 2.45) is 12.0 Å². The molecule has 0 saturated carbocycles. The Morgan fingerprint density at radius 2 is 1.83 bits per heavy atom. The molecular formula is C28H30F3N9O. The van der Waals surface area contributed by atoms with E-state index < -0.39 is 18.2 Å². The average molecular weight is 566 g/mol. The van der Waals surface area contributed by atoms with E-state index in [1.807, 2.05) is 47.2 Å². The number of likely N-dealkylation sites (tertiary alicyclic amines) is 1. The Labute approximate surface area is 234 Å². The summed E-state index contributed by atoms with van der Waals surface area (Å²) in [4.78, 5) is 26.2. The quantitative estimate of drug-likeness (QED) is 0.338. The molecule has 0 radical (unpaired) electrons. The molecular weight excluding hydrogens is 535 g/mol. The Kier molecular flexibility index (Phi) is 6.88. The Hall–Kier alpha value is -4.42. The number of halogens is 3. The Balaban J connectivity index is 1.21. The lowest BCUT2D eigenvalue weighted by molar-refractivity contribution is -0.170. The molecule has 0 unspecified atom stereocenters. The number of aromatic nitrogens is 5. The van der Waals surface area contributed by atoms with Gasteiger partial charge in [0.1, 0.15) is 11.9 Å². The number of fused-ring (bicyclic) bond motifs is 1. The van der Waals surface area contributed by atoms with Gasteiger partial charge in [0, 0.05) is 86.2 Å². The van der Waals surface area contributed by atoms with Gasteiger partial charge in [-0.15, -0.1) is 0 Å². The fourth-order valence-corrected chi connectivity index (χ4v) is 5.75. The highest BCUT2D eigenvalue weighted by atomic mass is 19.4. The normalized spacial score (nSPS) is 18.0. The van der Waals surface area contributed by atoms with E-state index in [1.165, 1.54) is 4.90 Å². The first-order valence-corrected chi connectivity index (χ1v) is 13.5. The monoisotopic (exact) mass is 565 g/mol. The van der Waals surface area contributed by atoms with Crippen molar-refractivity contribution in [3.05, 3.63) is 54.7 Å². The molecule has 6 heterocycles. The first-order valence-electron chi connectivity index (χ1n) is 13.5. The lowest BCUT2D eigenvalue weighted by atomic mass is 10.0. The molecule has 10 nitrogen and oxygen atoms in total. The van der Waals surface area contributed by atoms with Gasteiger partial charge in [-0.25, -0.2) is 14.3 Å². The maximum atomic E-state index is 13.4. The van der Waals surface area contributed by atoms with Crippen molar-refractivity contribution in [1.29, 1.82) is 0 Å². The summed E-state index contributed by atoms with van der Waals surface area (Å²) in [7, 11) is 1.87. The molecule has 13 heteroatoms. The maximum absolute atomic E-state index is 13.4. The number of aliphatic imine (C=N–C) groups is 1. The summed E-state index contributed by atoms with van der Waals surface area (Å²) < 4.78 is 43.7. The Bertz CT molecular complexity index is 1570. The predicted octanol–water partition coefficient (Wildman–Crippen LogP) is 4.27. The smallest absolute Gasteiger partial charge is 0.353 e. The number of pyridine rings is 2. The third-order valence-corrected chi connectivity index (χ3v) is 7.82. The van der Waals surface area contributed by atoms with Crippen LogP contribution < -0.4 is 4.90 Å². The van der Waals surface area contributed by atoms with Crippen LogP contribution in [0.3, 0.4) is 0 Å². The van der Waals surface area contributed by atoms with E-state index >= 15 is 0 Å². The van der Waals surface area contributed by atoms with E-state index in [0.29, 0.717) is 39.1 Å². The Morgan fingerprint density at radius 3 is 2.49 bits per heavy atom. The molecule has 0 aromatic carbocycles. The average Bonchev–Trinajstić information content (AvgIpc) is 3.73. The summed E-state index contributed by atoms with van der Waals surface area (Å²) in [6.07, 6.45) is 5.25. The molecule has 2 saturated heterocycles. The van der Waals surface area contributed by atoms with Crippen molar-refractivity contribution in [3.8, 4) is 22.3 Å². The van der Waals surface area contributed by atoms with Crippen molar-refractivity contribution in [2.45, 2.75) is 31.6 Å². The first-order chi connectivity index (χ1) is 19.7. The van der Waals surface area contributed by atoms with E-state index in [1.54, 1.807) is 17.1 Å². The van der Waals surface area contributed by atoms with Crippen LogP contribution >= 0.6 is 0 Å². The van der Waals surface area contributed by atoms with E-state index in [-0.39, 0.29) is 13.0 Å². The van der Waals surface area contributed by atoms with E-state index in [9.17, 15) is 18.0 Å². The number of alkyl halides is 3. The number of carbonyl (C=O) groups is 1. The highest BCUT2D eigenvalue weighted by molar-refractivity contribution is 5.86. The summed E-state index contributed by atoms with van der Waals surface area (Å²) in [5.74, 6) is 0.746. The number of rotatable bonds is 5. The van der Waals surface area contributed by atoms with Gasteiger partial charge in [-0.1, -0.05) is 0 Å². The highest BCUT2D eigenvalue weighted by Gasteiger charge is 2.48. The second-order valence-corrected chi connectivity index (χ2v) is 10.4. The van der Waals surface area contributed by atoms with Gasteiger partial charge in [-0.2, -0.15) is 23.4 Å². The van der Waals surface area contributed by atoms with Gasteiger partial charge >= 0.3 is 12.2 Å². The summed E-state index contributed by atoms with van der Waals surface area (Å²) in [6.45, 7) is 5.86. The van der Waals surface area contributed by atoms with Gasteiger partial charge in [0.2, 0.25) is 0 Å². The van der Waals surface area contributed by atoms with Crippen molar-refractivity contribution in [1.82, 2.24) is 34.2 Å². The minimum atomic E-state index is -4.40. The zero-order chi connectivity index (χ0) is 28.7. The maximum Gasteiger partial charge on any atom is 0.408 e. The van der Waals surface area contributed by atoms with Crippen LogP contribution in [0.25, 0.3) is 27.8 Å². The zero-order valence-electron chi connectivity index (χ0n) is 22.6. The third kappa shape index (κ3) is 5.11. The summed E-state index contributed by atoms with van der Waals surface area (Å²) >= 11 is 0. The van der Waals surface area contributed by atoms with E-state index in [0.717, 1.165) is 44.1 Å². The number of urea groups is 1. The van der Waals surface area contributed by atoms with Crippen LogP contribution in [0.15, 0.2) is 54.2 Å². The van der Waals surface area contributed by atoms with Crippen molar-refractivity contribution >= 4 is 24.1 Å². The summed E-state index contributed by atoms with van der Waals surface area (Å²) in [5, 5.41) is 8.85. The molecule has 4 aromatic heterocycles. The number of aryl methyl sites for hydroxylation is 1. The minimum Gasteiger partial charge on any atom is -0.353 e. The molecule has 2 amide bonds. The fourth-order valence-electron chi connectivity index (χ4n) is 5.75. The standard InChI is InChI=1S/C28H30F3N9O/c1-32-13-21-15-35-40-18-20(22-16-34-36(2)17-22)12-23(26(21)40)19-5-6-25(33-14-19)37-8-10-38(11-9-37)27(41)39-7-3-4-24(39)28(29,30)31/h5-6,12,14-18,24H,1,3-4,7-11,13H2,2H3/t24-/m0/s1. The van der Waals surface area contributed by atoms with Gasteiger partial charge in [0.25, 0.3) is 0 Å². The number of nitrogens with zero attached hydrogens (tertiary/aromatic N) is 9. The van der Waals surface area contributed by atoms with Crippen LogP contribution in [-0.2, 0) is 13.6 Å². The van der Waals surface area contributed by atoms with Crippen LogP contribution in [-0.4, -0.2) is 91.9 Å². The molecule has 0 N–H and O–H groups in total. The predicted molar refractivity (Wildman–Crippen MR) is 149 cm³/mol. The van der Waals surface area contributed by atoms with Crippen LogP contribution in [0.1, 0.15) is 18.4 Å². The van der Waals surface area contributed by atoms with Crippen LogP contribution in [0.4, 0.5) is 23.8 Å². The Morgan fingerprint density at radius 1 is 1.02 bits per heavy atom. The molecule has 1 atom stereocenters. The minimum absolute atomic E-state index is 0.0339. The highest BCUT2D eigenvalue weighted by Crippen LogP contribution is 2.34. The van der Waals surface area contributed by atoms with Gasteiger partial charge in [-0.05, 0) is 37.8 Å². The number of piperazine rings is 1. The third-order valence-electron chi connectivity index (χ3n) is 7.82. The second kappa shape index (κ2) is 10.5. The van der Waals surface area contributed by atoms with Crippen molar-refractivity contribution in [3.63, 3.8) is 0 Å². The van der Waals surface area contributed by atoms with Crippen LogP contribution in [0.5, 0.6) is 0 Å². The molecule has 2 aliphatic rings. The SMILES string of the molecule is C=NCc1cnn2cc(-c3cnn(C)c3)cc(-c3ccc(N4CCN(C(=O)N5CCC[C@H]5C(F)(F)F)CC4)nc3)c12. The van der Waals surface area contributed by atoms with Gasteiger partial charge < -0.3 is 14.7 Å². The van der Waals surface area contributed by atoms with Crippen molar-refractivity contribution in [2.75, 3.05) is 37.6 Å². The number of carbonyl (C=O) groups excluding carboxylic acids is 1. The van der Waals surface area contributed by atoms with Crippen molar-refractivity contribution < 1.29 is 18.0 Å². The van der Waals surface area contributed by atoms with Gasteiger partial charge in [0.05, 0.1) is 24.5 Å². The lowest BCUT2D eigenvalue weighted by Crippen LogP contribution is -2.55. The number of hydrogen-bond donors (Lipinski definition) is 0. The molecule has 0 spiro atoms. The molecule has 214 valence electrons. The van der Waals surface area contributed by atoms with E-state index in [2.05, 4.69) is 28.0 Å². The van der Waals surface area contributed by atoms with Gasteiger partial charge in [0.15, 0.2) is 0 Å². The molecule has 41 heavy (non-hydrogen) atoms. The molecule has 0 bridgehead atoms. The fraction of sp³-hybridized carbons (Fsp3) is 0.393. The zero-order valence-corrected chi connectivity index (χ0v) is 22.6. The lowest BCUT2D eigenvalue weighted by Gasteiger charge is -2.38. The molecule has 2 aliphatic heterocycles. The van der Waals surface area contributed by atoms with E-state index in [4.69, 9.17) is 4.98 Å². The van der Waals surface area contributed by atoms with Gasteiger partial charge in [-0.3, -0.25) is 9.67 Å². The number of hydrogen-bond acceptors (Lipinski definition) is 6.